The molecule has 0 aliphatic rings. The van der Waals surface area contributed by atoms with Crippen molar-refractivity contribution >= 4 is 50.2 Å². The fourth-order valence-electron chi connectivity index (χ4n) is 2.76. The molecule has 0 radical (unpaired) electrons. The van der Waals surface area contributed by atoms with Gasteiger partial charge in [-0.25, -0.2) is 27.5 Å². The van der Waals surface area contributed by atoms with Gasteiger partial charge in [-0.2, -0.15) is 5.10 Å². The third-order valence-electron chi connectivity index (χ3n) is 4.18. The molecule has 0 bridgehead atoms. The average Bonchev–Trinajstić information content (AvgIpc) is 3.16. The first-order valence-corrected chi connectivity index (χ1v) is 12.6. The normalized spacial score (nSPS) is 11.8. The molecule has 32 heavy (non-hydrogen) atoms. The van der Waals surface area contributed by atoms with Gasteiger partial charge >= 0.3 is 0 Å². The van der Waals surface area contributed by atoms with Gasteiger partial charge in [0.2, 0.25) is 15.2 Å². The van der Waals surface area contributed by atoms with E-state index < -0.39 is 21.7 Å². The Morgan fingerprint density at radius 2 is 2.00 bits per heavy atom. The Labute approximate surface area is 194 Å². The Bertz CT molecular complexity index is 1280. The first-order valence-electron chi connectivity index (χ1n) is 9.40. The molecule has 0 unspecified atom stereocenters. The molecule has 1 aromatic heterocycles. The van der Waals surface area contributed by atoms with Crippen LogP contribution in [0.15, 0.2) is 52.9 Å². The van der Waals surface area contributed by atoms with Crippen LogP contribution in [0.3, 0.4) is 0 Å². The van der Waals surface area contributed by atoms with Gasteiger partial charge < -0.3 is 0 Å². The van der Waals surface area contributed by atoms with Crippen molar-refractivity contribution in [2.24, 2.45) is 5.10 Å². The molecule has 0 saturated heterocycles. The summed E-state index contributed by atoms with van der Waals surface area (Å²) in [5.41, 5.74) is 1.57. The summed E-state index contributed by atoms with van der Waals surface area (Å²) in [5, 5.41) is 9.02. The van der Waals surface area contributed by atoms with Crippen LogP contribution in [0.4, 0.5) is 9.52 Å². The van der Waals surface area contributed by atoms with Crippen LogP contribution in [0.5, 0.6) is 0 Å². The Kier molecular flexibility index (Phi) is 7.27. The first kappa shape index (κ1) is 23.8. The van der Waals surface area contributed by atoms with Gasteiger partial charge in [0.05, 0.1) is 18.2 Å². The zero-order chi connectivity index (χ0) is 23.5. The molecular weight excluding hydrogens is 475 g/mol. The fraction of sp³-hybridized carbons (Fsp3) is 0.190. The second-order valence-corrected chi connectivity index (χ2v) is 10.1. The lowest BCUT2D eigenvalue weighted by Crippen LogP contribution is -2.30. The Morgan fingerprint density at radius 3 is 2.66 bits per heavy atom. The fourth-order valence-corrected chi connectivity index (χ4v) is 4.35. The Hall–Kier alpha value is -2.82. The van der Waals surface area contributed by atoms with E-state index in [-0.39, 0.29) is 17.2 Å². The number of sulfonamides is 1. The van der Waals surface area contributed by atoms with E-state index in [1.165, 1.54) is 23.6 Å². The van der Waals surface area contributed by atoms with Gasteiger partial charge in [0.1, 0.15) is 5.82 Å². The van der Waals surface area contributed by atoms with Crippen molar-refractivity contribution in [1.29, 1.82) is 0 Å². The number of nitrogens with one attached hydrogen (secondary N) is 1. The summed E-state index contributed by atoms with van der Waals surface area (Å²) in [6.07, 6.45) is 2.17. The van der Waals surface area contributed by atoms with E-state index in [1.807, 2.05) is 42.1 Å². The van der Waals surface area contributed by atoms with Gasteiger partial charge in [0.25, 0.3) is 5.91 Å². The molecule has 0 fully saturated rings. The van der Waals surface area contributed by atoms with Gasteiger partial charge in [-0.05, 0) is 38.1 Å². The molecule has 7 nitrogen and oxygen atoms in total. The standard InChI is InChI=1S/C21H20ClFN4O3S2/c1-13(2)27(21-25-19(12-31-21)17-6-4-5-7-18(17)22)24-11-14-10-15(23)8-9-16(14)20(28)26-32(3,29)30/h4-13H,1-3H3,(H,26,28)/b24-11+. The van der Waals surface area contributed by atoms with Gasteiger partial charge in [0.15, 0.2) is 0 Å². The van der Waals surface area contributed by atoms with E-state index >= 15 is 0 Å². The summed E-state index contributed by atoms with van der Waals surface area (Å²) >= 11 is 7.62. The zero-order valence-electron chi connectivity index (χ0n) is 17.4. The number of halogens is 2. The van der Waals surface area contributed by atoms with E-state index in [0.717, 1.165) is 24.0 Å². The largest absolute Gasteiger partial charge is 0.268 e. The number of thiazole rings is 1. The molecule has 0 aliphatic carbocycles. The first-order chi connectivity index (χ1) is 15.0. The maximum absolute atomic E-state index is 13.8. The number of amides is 1. The second kappa shape index (κ2) is 9.76. The predicted octanol–water partition coefficient (Wildman–Crippen LogP) is 4.54. The topological polar surface area (TPSA) is 91.7 Å². The predicted molar refractivity (Wildman–Crippen MR) is 126 cm³/mol. The molecule has 0 spiro atoms. The van der Waals surface area contributed by atoms with Crippen molar-refractivity contribution in [2.45, 2.75) is 19.9 Å². The molecule has 3 aromatic rings. The smallest absolute Gasteiger partial charge is 0.265 e. The SMILES string of the molecule is CC(C)N(/N=C/c1cc(F)ccc1C(=O)NS(C)(=O)=O)c1nc(-c2ccccc2Cl)cs1. The summed E-state index contributed by atoms with van der Waals surface area (Å²) in [4.78, 5) is 16.9. The molecule has 168 valence electrons. The van der Waals surface area contributed by atoms with Crippen molar-refractivity contribution in [3.05, 3.63) is 69.8 Å². The quantitative estimate of drug-likeness (QED) is 0.384. The third-order valence-corrected chi connectivity index (χ3v) is 5.90. The van der Waals surface area contributed by atoms with Crippen LogP contribution in [-0.4, -0.2) is 37.8 Å². The highest BCUT2D eigenvalue weighted by Crippen LogP contribution is 2.32. The van der Waals surface area contributed by atoms with Crippen molar-refractivity contribution in [1.82, 2.24) is 9.71 Å². The molecule has 1 N–H and O–H groups in total. The highest BCUT2D eigenvalue weighted by atomic mass is 35.5. The van der Waals surface area contributed by atoms with E-state index in [0.29, 0.717) is 15.8 Å². The summed E-state index contributed by atoms with van der Waals surface area (Å²) in [6.45, 7) is 3.80. The summed E-state index contributed by atoms with van der Waals surface area (Å²) in [5.74, 6) is -1.46. The van der Waals surface area contributed by atoms with E-state index in [2.05, 4.69) is 10.1 Å². The highest BCUT2D eigenvalue weighted by molar-refractivity contribution is 7.89. The Morgan fingerprint density at radius 1 is 1.28 bits per heavy atom. The van der Waals surface area contributed by atoms with Crippen LogP contribution in [-0.2, 0) is 10.0 Å². The minimum atomic E-state index is -3.78. The number of benzene rings is 2. The van der Waals surface area contributed by atoms with Crippen molar-refractivity contribution in [2.75, 3.05) is 11.3 Å². The van der Waals surface area contributed by atoms with E-state index in [9.17, 15) is 17.6 Å². The Balaban J connectivity index is 1.94. The minimum Gasteiger partial charge on any atom is -0.268 e. The second-order valence-electron chi connectivity index (χ2n) is 7.11. The molecule has 1 heterocycles. The van der Waals surface area contributed by atoms with Crippen molar-refractivity contribution < 1.29 is 17.6 Å². The van der Waals surface area contributed by atoms with E-state index in [4.69, 9.17) is 11.6 Å². The van der Waals surface area contributed by atoms with Crippen LogP contribution in [0.25, 0.3) is 11.3 Å². The summed E-state index contributed by atoms with van der Waals surface area (Å²) in [7, 11) is -3.78. The number of anilines is 1. The lowest BCUT2D eigenvalue weighted by molar-refractivity contribution is 0.0981. The number of carbonyl (C=O) groups is 1. The lowest BCUT2D eigenvalue weighted by atomic mass is 10.1. The monoisotopic (exact) mass is 494 g/mol. The zero-order valence-corrected chi connectivity index (χ0v) is 19.8. The van der Waals surface area contributed by atoms with Gasteiger partial charge in [0, 0.05) is 33.1 Å². The van der Waals surface area contributed by atoms with Gasteiger partial charge in [-0.1, -0.05) is 29.8 Å². The van der Waals surface area contributed by atoms with Crippen LogP contribution in [0, 0.1) is 5.82 Å². The number of hydrogen-bond donors (Lipinski definition) is 1. The molecule has 0 saturated carbocycles. The lowest BCUT2D eigenvalue weighted by Gasteiger charge is -2.20. The number of aromatic nitrogens is 1. The van der Waals surface area contributed by atoms with Crippen molar-refractivity contribution in [3.8, 4) is 11.3 Å². The number of hydrogen-bond acceptors (Lipinski definition) is 7. The number of nitrogens with zero attached hydrogens (tertiary/aromatic N) is 3. The van der Waals surface area contributed by atoms with E-state index in [1.54, 1.807) is 11.1 Å². The molecule has 0 aliphatic heterocycles. The maximum Gasteiger partial charge on any atom is 0.265 e. The molecule has 11 heteroatoms. The van der Waals surface area contributed by atoms with Gasteiger partial charge in [-0.15, -0.1) is 11.3 Å². The average molecular weight is 495 g/mol. The molecule has 3 rings (SSSR count). The van der Waals surface area contributed by atoms with Crippen LogP contribution in [0.1, 0.15) is 29.8 Å². The maximum atomic E-state index is 13.8. The molecular formula is C21H20ClFN4O3S2. The van der Waals surface area contributed by atoms with Gasteiger partial charge in [-0.3, -0.25) is 4.79 Å². The molecule has 0 atom stereocenters. The highest BCUT2D eigenvalue weighted by Gasteiger charge is 2.18. The third kappa shape index (κ3) is 5.90. The number of carbonyl (C=O) groups excluding carboxylic acids is 1. The minimum absolute atomic E-state index is 0.0276. The molecule has 2 aromatic carbocycles. The number of hydrazone groups is 1. The number of rotatable bonds is 7. The summed E-state index contributed by atoms with van der Waals surface area (Å²) < 4.78 is 38.5. The van der Waals surface area contributed by atoms with Crippen LogP contribution < -0.4 is 9.73 Å². The molecule has 1 amide bonds. The van der Waals surface area contributed by atoms with Crippen LogP contribution in [0.2, 0.25) is 5.02 Å². The van der Waals surface area contributed by atoms with Crippen LogP contribution >= 0.6 is 22.9 Å². The van der Waals surface area contributed by atoms with Crippen molar-refractivity contribution in [3.63, 3.8) is 0 Å². The summed E-state index contributed by atoms with van der Waals surface area (Å²) in [6, 6.07) is 10.6.